The van der Waals surface area contributed by atoms with Gasteiger partial charge in [-0.05, 0) is 30.2 Å². The highest BCUT2D eigenvalue weighted by molar-refractivity contribution is 5.78. The molecule has 0 bridgehead atoms. The van der Waals surface area contributed by atoms with Crippen LogP contribution in [0.15, 0.2) is 60.8 Å². The number of aromatic nitrogens is 2. The summed E-state index contributed by atoms with van der Waals surface area (Å²) in [4.78, 5) is 19.7. The zero-order valence-electron chi connectivity index (χ0n) is 14.9. The number of nitrogens with zero attached hydrogens (tertiary/aromatic N) is 1. The molecular formula is C21H23N3O2. The summed E-state index contributed by atoms with van der Waals surface area (Å²) in [6, 6.07) is 17.7. The lowest BCUT2D eigenvalue weighted by molar-refractivity contribution is -0.120. The maximum atomic E-state index is 12.1. The van der Waals surface area contributed by atoms with Crippen LogP contribution in [-0.2, 0) is 17.6 Å². The Morgan fingerprint density at radius 2 is 1.88 bits per heavy atom. The van der Waals surface area contributed by atoms with E-state index >= 15 is 0 Å². The summed E-state index contributed by atoms with van der Waals surface area (Å²) in [5.41, 5.74) is 3.06. The second kappa shape index (κ2) is 8.85. The molecule has 5 heteroatoms. The van der Waals surface area contributed by atoms with Gasteiger partial charge in [0.2, 0.25) is 5.91 Å². The second-order valence-corrected chi connectivity index (χ2v) is 5.96. The molecule has 0 aliphatic heterocycles. The number of benzene rings is 2. The molecule has 0 atom stereocenters. The van der Waals surface area contributed by atoms with Crippen LogP contribution in [0.2, 0.25) is 0 Å². The average molecular weight is 349 g/mol. The summed E-state index contributed by atoms with van der Waals surface area (Å²) < 4.78 is 5.40. The van der Waals surface area contributed by atoms with E-state index in [-0.39, 0.29) is 5.91 Å². The van der Waals surface area contributed by atoms with Crippen LogP contribution in [-0.4, -0.2) is 29.0 Å². The van der Waals surface area contributed by atoms with Crippen LogP contribution >= 0.6 is 0 Å². The van der Waals surface area contributed by atoms with Crippen molar-refractivity contribution < 1.29 is 9.53 Å². The van der Waals surface area contributed by atoms with Gasteiger partial charge in [0.25, 0.3) is 0 Å². The first-order chi connectivity index (χ1) is 12.7. The van der Waals surface area contributed by atoms with Gasteiger partial charge >= 0.3 is 0 Å². The van der Waals surface area contributed by atoms with Crippen LogP contribution in [0.3, 0.4) is 0 Å². The lowest BCUT2D eigenvalue weighted by Gasteiger charge is -2.06. The standard InChI is InChI=1S/C21H23N3O2/c1-2-26-18-10-8-16(9-11-18)14-21(25)22-13-12-20-23-15-19(24-20)17-6-4-3-5-7-17/h3-11,15H,2,12-14H2,1H3,(H,22,25)(H,23,24). The third kappa shape index (κ3) is 4.96. The van der Waals surface area contributed by atoms with Crippen molar-refractivity contribution in [1.82, 2.24) is 15.3 Å². The predicted octanol–water partition coefficient (Wildman–Crippen LogP) is 3.38. The number of ether oxygens (including phenoxy) is 1. The molecule has 0 fully saturated rings. The zero-order valence-corrected chi connectivity index (χ0v) is 14.9. The van der Waals surface area contributed by atoms with Crippen LogP contribution in [0, 0.1) is 0 Å². The molecule has 0 saturated heterocycles. The van der Waals surface area contributed by atoms with Crippen molar-refractivity contribution in [2.24, 2.45) is 0 Å². The fraction of sp³-hybridized carbons (Fsp3) is 0.238. The van der Waals surface area contributed by atoms with E-state index in [0.29, 0.717) is 26.0 Å². The van der Waals surface area contributed by atoms with Crippen LogP contribution in [0.5, 0.6) is 5.75 Å². The highest BCUT2D eigenvalue weighted by atomic mass is 16.5. The van der Waals surface area contributed by atoms with Gasteiger partial charge in [-0.1, -0.05) is 42.5 Å². The predicted molar refractivity (Wildman–Crippen MR) is 102 cm³/mol. The van der Waals surface area contributed by atoms with Gasteiger partial charge in [0.1, 0.15) is 11.6 Å². The molecule has 26 heavy (non-hydrogen) atoms. The Hall–Kier alpha value is -3.08. The summed E-state index contributed by atoms with van der Waals surface area (Å²) in [5.74, 6) is 1.69. The fourth-order valence-electron chi connectivity index (χ4n) is 2.69. The number of hydrogen-bond donors (Lipinski definition) is 2. The van der Waals surface area contributed by atoms with Crippen LogP contribution < -0.4 is 10.1 Å². The van der Waals surface area contributed by atoms with Crippen molar-refractivity contribution in [2.75, 3.05) is 13.2 Å². The zero-order chi connectivity index (χ0) is 18.2. The van der Waals surface area contributed by atoms with Crippen molar-refractivity contribution in [3.63, 3.8) is 0 Å². The molecule has 0 unspecified atom stereocenters. The topological polar surface area (TPSA) is 67.0 Å². The number of nitrogens with one attached hydrogen (secondary N) is 2. The third-order valence-corrected chi connectivity index (χ3v) is 4.00. The van der Waals surface area contributed by atoms with Gasteiger partial charge in [0.05, 0.1) is 24.9 Å². The highest BCUT2D eigenvalue weighted by Crippen LogP contribution is 2.16. The maximum Gasteiger partial charge on any atom is 0.224 e. The number of carbonyl (C=O) groups excluding carboxylic acids is 1. The van der Waals surface area contributed by atoms with Crippen molar-refractivity contribution in [1.29, 1.82) is 0 Å². The fourth-order valence-corrected chi connectivity index (χ4v) is 2.69. The Kier molecular flexibility index (Phi) is 6.04. The monoisotopic (exact) mass is 349 g/mol. The van der Waals surface area contributed by atoms with Crippen molar-refractivity contribution >= 4 is 5.91 Å². The number of imidazole rings is 1. The van der Waals surface area contributed by atoms with Gasteiger partial charge in [-0.25, -0.2) is 4.98 Å². The summed E-state index contributed by atoms with van der Waals surface area (Å²) in [6.45, 7) is 3.14. The second-order valence-electron chi connectivity index (χ2n) is 5.96. The molecular weight excluding hydrogens is 326 g/mol. The third-order valence-electron chi connectivity index (χ3n) is 4.00. The minimum atomic E-state index is 0.00370. The molecule has 0 aliphatic carbocycles. The van der Waals surface area contributed by atoms with E-state index in [0.717, 1.165) is 28.4 Å². The minimum absolute atomic E-state index is 0.00370. The molecule has 2 N–H and O–H groups in total. The van der Waals surface area contributed by atoms with Crippen LogP contribution in [0.4, 0.5) is 0 Å². The number of amides is 1. The van der Waals surface area contributed by atoms with Crippen molar-refractivity contribution in [3.8, 4) is 17.0 Å². The first kappa shape index (κ1) is 17.7. The van der Waals surface area contributed by atoms with E-state index in [1.54, 1.807) is 0 Å². The molecule has 1 aromatic heterocycles. The van der Waals surface area contributed by atoms with Gasteiger partial charge < -0.3 is 15.0 Å². The van der Waals surface area contributed by atoms with Gasteiger partial charge in [-0.2, -0.15) is 0 Å². The van der Waals surface area contributed by atoms with Gasteiger partial charge in [0.15, 0.2) is 0 Å². The molecule has 3 aromatic rings. The molecule has 0 spiro atoms. The van der Waals surface area contributed by atoms with Crippen molar-refractivity contribution in [2.45, 2.75) is 19.8 Å². The number of carbonyl (C=O) groups is 1. The van der Waals surface area contributed by atoms with Gasteiger partial charge in [-0.3, -0.25) is 4.79 Å². The molecule has 0 aliphatic rings. The lowest BCUT2D eigenvalue weighted by atomic mass is 10.1. The summed E-state index contributed by atoms with van der Waals surface area (Å²) in [7, 11) is 0. The molecule has 3 rings (SSSR count). The van der Waals surface area contributed by atoms with E-state index in [4.69, 9.17) is 4.74 Å². The molecule has 0 saturated carbocycles. The Labute approximate surface area is 153 Å². The number of rotatable bonds is 8. The molecule has 134 valence electrons. The molecule has 1 amide bonds. The Morgan fingerprint density at radius 3 is 2.62 bits per heavy atom. The maximum absolute atomic E-state index is 12.1. The van der Waals surface area contributed by atoms with E-state index in [2.05, 4.69) is 15.3 Å². The normalized spacial score (nSPS) is 10.5. The minimum Gasteiger partial charge on any atom is -0.494 e. The lowest BCUT2D eigenvalue weighted by Crippen LogP contribution is -2.27. The van der Waals surface area contributed by atoms with E-state index < -0.39 is 0 Å². The molecule has 1 heterocycles. The molecule has 0 radical (unpaired) electrons. The SMILES string of the molecule is CCOc1ccc(CC(=O)NCCc2ncc(-c3ccccc3)[nH]2)cc1. The van der Waals surface area contributed by atoms with E-state index in [9.17, 15) is 4.79 Å². The quantitative estimate of drug-likeness (QED) is 0.655. The number of aromatic amines is 1. The number of H-pyrrole nitrogens is 1. The largest absolute Gasteiger partial charge is 0.494 e. The van der Waals surface area contributed by atoms with E-state index in [1.807, 2.05) is 67.7 Å². The summed E-state index contributed by atoms with van der Waals surface area (Å²) in [5, 5.41) is 2.94. The van der Waals surface area contributed by atoms with Crippen LogP contribution in [0.25, 0.3) is 11.3 Å². The number of hydrogen-bond acceptors (Lipinski definition) is 3. The Morgan fingerprint density at radius 1 is 1.12 bits per heavy atom. The first-order valence-corrected chi connectivity index (χ1v) is 8.82. The van der Waals surface area contributed by atoms with Gasteiger partial charge in [-0.15, -0.1) is 0 Å². The first-order valence-electron chi connectivity index (χ1n) is 8.82. The Bertz CT molecular complexity index is 826. The average Bonchev–Trinajstić information content (AvgIpc) is 3.13. The summed E-state index contributed by atoms with van der Waals surface area (Å²) >= 11 is 0. The van der Waals surface area contributed by atoms with Crippen molar-refractivity contribution in [3.05, 3.63) is 72.2 Å². The molecule has 2 aromatic carbocycles. The Balaban J connectivity index is 1.44. The van der Waals surface area contributed by atoms with Gasteiger partial charge in [0, 0.05) is 13.0 Å². The highest BCUT2D eigenvalue weighted by Gasteiger charge is 2.06. The molecule has 5 nitrogen and oxygen atoms in total. The van der Waals surface area contributed by atoms with E-state index in [1.165, 1.54) is 0 Å². The summed E-state index contributed by atoms with van der Waals surface area (Å²) in [6.07, 6.45) is 2.86. The smallest absolute Gasteiger partial charge is 0.224 e. The van der Waals surface area contributed by atoms with Crippen LogP contribution in [0.1, 0.15) is 18.3 Å².